The minimum Gasteiger partial charge on any atom is -0.258 e. The molecule has 1 aromatic rings. The Hall–Kier alpha value is -1.62. The molecule has 18 heavy (non-hydrogen) atoms. The Balaban J connectivity index is 3.37. The van der Waals surface area contributed by atoms with Crippen molar-refractivity contribution in [2.45, 2.75) is 4.90 Å². The second-order valence-corrected chi connectivity index (χ2v) is 5.76. The van der Waals surface area contributed by atoms with Crippen molar-refractivity contribution in [2.24, 2.45) is 0 Å². The number of hydrogen-bond acceptors (Lipinski definition) is 4. The monoisotopic (exact) mass is 288 g/mol. The molecule has 0 saturated heterocycles. The number of nitro benzene ring substituents is 1. The summed E-state index contributed by atoms with van der Waals surface area (Å²) in [5.74, 6) is 2.17. The van der Waals surface area contributed by atoms with Gasteiger partial charge in [-0.3, -0.25) is 10.1 Å². The van der Waals surface area contributed by atoms with Crippen LogP contribution in [0.25, 0.3) is 0 Å². The van der Waals surface area contributed by atoms with Crippen LogP contribution in [0.3, 0.4) is 0 Å². The number of sulfonamides is 1. The molecule has 0 unspecified atom stereocenters. The molecule has 0 amide bonds. The molecule has 0 spiro atoms. The number of halogens is 1. The molecular weight excluding hydrogens is 280 g/mol. The van der Waals surface area contributed by atoms with Crippen LogP contribution in [0.1, 0.15) is 0 Å². The summed E-state index contributed by atoms with van der Waals surface area (Å²) in [5, 5.41) is 10.5. The lowest BCUT2D eigenvalue weighted by Crippen LogP contribution is -2.27. The molecule has 8 heteroatoms. The Morgan fingerprint density at radius 2 is 2.17 bits per heavy atom. The molecule has 0 aliphatic heterocycles. The van der Waals surface area contributed by atoms with Crippen molar-refractivity contribution in [1.82, 2.24) is 4.31 Å². The molecule has 0 aliphatic carbocycles. The molecule has 96 valence electrons. The lowest BCUT2D eigenvalue weighted by molar-refractivity contribution is -0.385. The van der Waals surface area contributed by atoms with Crippen LogP contribution < -0.4 is 0 Å². The Labute approximate surface area is 109 Å². The van der Waals surface area contributed by atoms with E-state index in [1.165, 1.54) is 7.05 Å². The summed E-state index contributed by atoms with van der Waals surface area (Å²) in [6, 6.07) is 3.20. The lowest BCUT2D eigenvalue weighted by Gasteiger charge is -2.14. The van der Waals surface area contributed by atoms with Gasteiger partial charge in [0.15, 0.2) is 0 Å². The second-order valence-electron chi connectivity index (χ2n) is 3.34. The van der Waals surface area contributed by atoms with Gasteiger partial charge in [-0.15, -0.1) is 6.42 Å². The van der Waals surface area contributed by atoms with Crippen molar-refractivity contribution < 1.29 is 13.3 Å². The second kappa shape index (κ2) is 5.35. The van der Waals surface area contributed by atoms with E-state index >= 15 is 0 Å². The lowest BCUT2D eigenvalue weighted by atomic mass is 10.3. The van der Waals surface area contributed by atoms with Gasteiger partial charge in [-0.05, 0) is 6.07 Å². The molecule has 0 aliphatic rings. The van der Waals surface area contributed by atoms with Gasteiger partial charge in [0.25, 0.3) is 5.69 Å². The summed E-state index contributed by atoms with van der Waals surface area (Å²) in [4.78, 5) is 9.57. The quantitative estimate of drug-likeness (QED) is 0.478. The molecule has 0 saturated carbocycles. The van der Waals surface area contributed by atoms with Crippen LogP contribution in [0.5, 0.6) is 0 Å². The van der Waals surface area contributed by atoms with Crippen LogP contribution in [0, 0.1) is 22.5 Å². The molecular formula is C10H9ClN2O4S. The maximum atomic E-state index is 12.0. The molecule has 0 heterocycles. The first-order valence-electron chi connectivity index (χ1n) is 4.64. The van der Waals surface area contributed by atoms with Crippen molar-refractivity contribution in [3.63, 3.8) is 0 Å². The van der Waals surface area contributed by atoms with Crippen molar-refractivity contribution in [2.75, 3.05) is 13.6 Å². The number of nitrogens with zero attached hydrogens (tertiary/aromatic N) is 2. The number of terminal acetylenes is 1. The highest BCUT2D eigenvalue weighted by Gasteiger charge is 2.25. The SMILES string of the molecule is C#CCN(C)S(=O)(=O)c1cc([N+](=O)[O-])ccc1Cl. The first-order chi connectivity index (χ1) is 8.30. The third-order valence-electron chi connectivity index (χ3n) is 2.13. The predicted molar refractivity (Wildman–Crippen MR) is 66.8 cm³/mol. The number of benzene rings is 1. The van der Waals surface area contributed by atoms with Crippen LogP contribution in [0.2, 0.25) is 5.02 Å². The van der Waals surface area contributed by atoms with Crippen molar-refractivity contribution >= 4 is 27.3 Å². The highest BCUT2D eigenvalue weighted by Crippen LogP contribution is 2.27. The Morgan fingerprint density at radius 3 is 2.67 bits per heavy atom. The van der Waals surface area contributed by atoms with Gasteiger partial charge in [-0.25, -0.2) is 8.42 Å². The Kier molecular flexibility index (Phi) is 4.29. The smallest absolute Gasteiger partial charge is 0.258 e. The number of non-ortho nitro benzene ring substituents is 1. The average Bonchev–Trinajstić information content (AvgIpc) is 2.29. The third kappa shape index (κ3) is 2.79. The van der Waals surface area contributed by atoms with E-state index in [1.54, 1.807) is 0 Å². The van der Waals surface area contributed by atoms with Crippen LogP contribution in [-0.2, 0) is 10.0 Å². The predicted octanol–water partition coefficient (Wildman–Crippen LogP) is 1.50. The van der Waals surface area contributed by atoms with Gasteiger partial charge in [0.2, 0.25) is 10.0 Å². The maximum absolute atomic E-state index is 12.0. The van der Waals surface area contributed by atoms with Crippen molar-refractivity contribution in [3.8, 4) is 12.3 Å². The zero-order valence-electron chi connectivity index (χ0n) is 9.33. The summed E-state index contributed by atoms with van der Waals surface area (Å²) < 4.78 is 25.0. The maximum Gasteiger partial charge on any atom is 0.270 e. The van der Waals surface area contributed by atoms with Crippen LogP contribution in [0.4, 0.5) is 5.69 Å². The molecule has 1 aromatic carbocycles. The van der Waals surface area contributed by atoms with Gasteiger partial charge >= 0.3 is 0 Å². The summed E-state index contributed by atoms with van der Waals surface area (Å²) in [6.07, 6.45) is 5.02. The zero-order valence-corrected chi connectivity index (χ0v) is 10.9. The largest absolute Gasteiger partial charge is 0.270 e. The number of nitro groups is 1. The fraction of sp³-hybridized carbons (Fsp3) is 0.200. The van der Waals surface area contributed by atoms with Gasteiger partial charge < -0.3 is 0 Å². The highest BCUT2D eigenvalue weighted by atomic mass is 35.5. The summed E-state index contributed by atoms with van der Waals surface area (Å²) >= 11 is 5.75. The van der Waals surface area contributed by atoms with E-state index in [4.69, 9.17) is 18.0 Å². The van der Waals surface area contributed by atoms with Gasteiger partial charge in [-0.2, -0.15) is 4.31 Å². The standard InChI is InChI=1S/C10H9ClN2O4S/c1-3-6-12(2)18(16,17)10-7-8(13(14)15)4-5-9(10)11/h1,4-5,7H,6H2,2H3. The topological polar surface area (TPSA) is 80.5 Å². The van der Waals surface area contributed by atoms with E-state index in [-0.39, 0.29) is 22.2 Å². The normalized spacial score (nSPS) is 11.2. The first-order valence-corrected chi connectivity index (χ1v) is 6.46. The summed E-state index contributed by atoms with van der Waals surface area (Å²) in [7, 11) is -2.67. The van der Waals surface area contributed by atoms with Crippen LogP contribution in [0.15, 0.2) is 23.1 Å². The summed E-state index contributed by atoms with van der Waals surface area (Å²) in [5.41, 5.74) is -0.355. The Bertz CT molecular complexity index is 621. The van der Waals surface area contributed by atoms with E-state index in [0.29, 0.717) is 0 Å². The van der Waals surface area contributed by atoms with Gasteiger partial charge in [0.05, 0.1) is 16.5 Å². The molecule has 1 rings (SSSR count). The van der Waals surface area contributed by atoms with Crippen LogP contribution in [-0.4, -0.2) is 31.2 Å². The van der Waals surface area contributed by atoms with Crippen molar-refractivity contribution in [3.05, 3.63) is 33.3 Å². The van der Waals surface area contributed by atoms with Crippen molar-refractivity contribution in [1.29, 1.82) is 0 Å². The molecule has 0 atom stereocenters. The molecule has 0 aromatic heterocycles. The van der Waals surface area contributed by atoms with E-state index in [0.717, 1.165) is 22.5 Å². The number of rotatable bonds is 4. The molecule has 0 radical (unpaired) electrons. The fourth-order valence-corrected chi connectivity index (χ4v) is 2.76. The van der Waals surface area contributed by atoms with Crippen LogP contribution >= 0.6 is 11.6 Å². The van der Waals surface area contributed by atoms with Gasteiger partial charge in [-0.1, -0.05) is 17.5 Å². The highest BCUT2D eigenvalue weighted by molar-refractivity contribution is 7.89. The molecule has 0 fully saturated rings. The van der Waals surface area contributed by atoms with E-state index in [9.17, 15) is 18.5 Å². The third-order valence-corrected chi connectivity index (χ3v) is 4.41. The zero-order chi connectivity index (χ0) is 13.9. The average molecular weight is 289 g/mol. The summed E-state index contributed by atoms with van der Waals surface area (Å²) in [6.45, 7) is -0.151. The minimum absolute atomic E-state index is 0.0931. The van der Waals surface area contributed by atoms with E-state index < -0.39 is 14.9 Å². The molecule has 0 N–H and O–H groups in total. The fourth-order valence-electron chi connectivity index (χ4n) is 1.18. The number of hydrogen-bond donors (Lipinski definition) is 0. The molecule has 6 nitrogen and oxygen atoms in total. The Morgan fingerprint density at radius 1 is 1.56 bits per heavy atom. The van der Waals surface area contributed by atoms with E-state index in [2.05, 4.69) is 5.92 Å². The van der Waals surface area contributed by atoms with Gasteiger partial charge in [0, 0.05) is 19.2 Å². The molecule has 0 bridgehead atoms. The first kappa shape index (κ1) is 14.4. The van der Waals surface area contributed by atoms with Gasteiger partial charge in [0.1, 0.15) is 4.90 Å². The minimum atomic E-state index is -3.93. The van der Waals surface area contributed by atoms with E-state index in [1.807, 2.05) is 0 Å².